The van der Waals surface area contributed by atoms with Crippen molar-refractivity contribution in [1.29, 1.82) is 0 Å². The van der Waals surface area contributed by atoms with Crippen LogP contribution in [0.1, 0.15) is 25.3 Å². The molecular formula is C12H15F4NOS. The minimum atomic E-state index is -2.99. The number of halogens is 4. The van der Waals surface area contributed by atoms with E-state index in [4.69, 9.17) is 5.14 Å². The predicted octanol–water partition coefficient (Wildman–Crippen LogP) is 2.96. The van der Waals surface area contributed by atoms with Crippen molar-refractivity contribution >= 4 is 11.0 Å². The van der Waals surface area contributed by atoms with Gasteiger partial charge in [-0.2, -0.15) is 0 Å². The molecule has 0 aliphatic rings. The van der Waals surface area contributed by atoms with Crippen LogP contribution in [0.3, 0.4) is 0 Å². The summed E-state index contributed by atoms with van der Waals surface area (Å²) in [6.07, 6.45) is -2.99. The van der Waals surface area contributed by atoms with Crippen LogP contribution in [0.4, 0.5) is 17.6 Å². The quantitative estimate of drug-likeness (QED) is 0.834. The van der Waals surface area contributed by atoms with E-state index in [0.29, 0.717) is 6.07 Å². The number of alkyl halides is 2. The van der Waals surface area contributed by atoms with E-state index in [2.05, 4.69) is 0 Å². The van der Waals surface area contributed by atoms with Crippen molar-refractivity contribution in [2.24, 2.45) is 11.1 Å². The van der Waals surface area contributed by atoms with Gasteiger partial charge in [-0.05, 0) is 24.1 Å². The third-order valence-electron chi connectivity index (χ3n) is 2.87. The topological polar surface area (TPSA) is 43.1 Å². The summed E-state index contributed by atoms with van der Waals surface area (Å²) in [5.74, 6) is -3.95. The molecule has 108 valence electrons. The molecule has 1 aromatic carbocycles. The van der Waals surface area contributed by atoms with E-state index < -0.39 is 51.7 Å². The van der Waals surface area contributed by atoms with Crippen LogP contribution in [-0.2, 0) is 11.0 Å². The summed E-state index contributed by atoms with van der Waals surface area (Å²) in [5.41, 5.74) is -0.493. The average molecular weight is 297 g/mol. The Morgan fingerprint density at radius 2 is 1.79 bits per heavy atom. The molecule has 0 heterocycles. The zero-order valence-corrected chi connectivity index (χ0v) is 11.3. The maximum atomic E-state index is 13.6. The SMILES string of the molecule is CC(C)C([C@H](c1cc(F)ccc1F)C(F)F)S(N)=O. The summed E-state index contributed by atoms with van der Waals surface area (Å²) >= 11 is 0. The lowest BCUT2D eigenvalue weighted by Gasteiger charge is -2.28. The first kappa shape index (κ1) is 16.1. The van der Waals surface area contributed by atoms with Gasteiger partial charge in [0.15, 0.2) is 0 Å². The molecular weight excluding hydrogens is 282 g/mol. The lowest BCUT2D eigenvalue weighted by Crippen LogP contribution is -2.37. The van der Waals surface area contributed by atoms with Gasteiger partial charge in [0.25, 0.3) is 0 Å². The van der Waals surface area contributed by atoms with Gasteiger partial charge in [0.2, 0.25) is 6.43 Å². The molecule has 0 radical (unpaired) electrons. The average Bonchev–Trinajstić information content (AvgIpc) is 2.27. The van der Waals surface area contributed by atoms with Gasteiger partial charge in [-0.25, -0.2) is 21.8 Å². The van der Waals surface area contributed by atoms with Gasteiger partial charge in [-0.15, -0.1) is 0 Å². The lowest BCUT2D eigenvalue weighted by atomic mass is 9.89. The number of rotatable bonds is 5. The van der Waals surface area contributed by atoms with E-state index in [1.54, 1.807) is 13.8 Å². The highest BCUT2D eigenvalue weighted by molar-refractivity contribution is 7.83. The smallest absolute Gasteiger partial charge is 0.246 e. The third kappa shape index (κ3) is 3.76. The first-order valence-corrected chi connectivity index (χ1v) is 6.91. The molecule has 0 saturated heterocycles. The van der Waals surface area contributed by atoms with Crippen molar-refractivity contribution in [1.82, 2.24) is 0 Å². The fraction of sp³-hybridized carbons (Fsp3) is 0.500. The second-order valence-electron chi connectivity index (χ2n) is 4.56. The van der Waals surface area contributed by atoms with E-state index in [9.17, 15) is 21.8 Å². The second-order valence-corrected chi connectivity index (χ2v) is 5.76. The van der Waals surface area contributed by atoms with Gasteiger partial charge in [0.05, 0.1) is 22.2 Å². The molecule has 0 aliphatic heterocycles. The van der Waals surface area contributed by atoms with Crippen LogP contribution in [0.25, 0.3) is 0 Å². The van der Waals surface area contributed by atoms with Gasteiger partial charge >= 0.3 is 0 Å². The Hall–Kier alpha value is -0.950. The molecule has 1 rings (SSSR count). The first-order valence-electron chi connectivity index (χ1n) is 5.63. The van der Waals surface area contributed by atoms with E-state index in [1.807, 2.05) is 0 Å². The maximum absolute atomic E-state index is 13.6. The lowest BCUT2D eigenvalue weighted by molar-refractivity contribution is 0.104. The molecule has 0 aromatic heterocycles. The number of nitrogens with two attached hydrogens (primary N) is 1. The fourth-order valence-corrected chi connectivity index (χ4v) is 3.14. The highest BCUT2D eigenvalue weighted by atomic mass is 32.2. The maximum Gasteiger partial charge on any atom is 0.246 e. The van der Waals surface area contributed by atoms with Crippen LogP contribution in [0.5, 0.6) is 0 Å². The Balaban J connectivity index is 3.34. The normalized spacial score (nSPS) is 16.7. The van der Waals surface area contributed by atoms with E-state index in [1.165, 1.54) is 0 Å². The van der Waals surface area contributed by atoms with Gasteiger partial charge in [0.1, 0.15) is 11.6 Å². The second kappa shape index (κ2) is 6.47. The molecule has 2 nitrogen and oxygen atoms in total. The number of benzene rings is 1. The molecule has 0 spiro atoms. The standard InChI is InChI=1S/C12H15F4NOS/c1-6(2)11(19(17)18)10(12(15)16)8-5-7(13)3-4-9(8)14/h3-6,10-12H,17H2,1-2H3/t10-,11?,19?/m0/s1. The summed E-state index contributed by atoms with van der Waals surface area (Å²) in [6, 6.07) is 2.32. The molecule has 0 saturated carbocycles. The molecule has 19 heavy (non-hydrogen) atoms. The van der Waals surface area contributed by atoms with Crippen molar-refractivity contribution in [2.75, 3.05) is 0 Å². The van der Waals surface area contributed by atoms with Crippen LogP contribution in [-0.4, -0.2) is 15.9 Å². The van der Waals surface area contributed by atoms with E-state index in [0.717, 1.165) is 12.1 Å². The van der Waals surface area contributed by atoms with Crippen LogP contribution in [0, 0.1) is 17.6 Å². The predicted molar refractivity (Wildman–Crippen MR) is 66.1 cm³/mol. The van der Waals surface area contributed by atoms with E-state index in [-0.39, 0.29) is 0 Å². The molecule has 0 aliphatic carbocycles. The molecule has 2 unspecified atom stereocenters. The monoisotopic (exact) mass is 297 g/mol. The molecule has 0 fully saturated rings. The summed E-state index contributed by atoms with van der Waals surface area (Å²) < 4.78 is 64.6. The van der Waals surface area contributed by atoms with Crippen molar-refractivity contribution in [2.45, 2.75) is 31.4 Å². The third-order valence-corrected chi connectivity index (χ3v) is 4.24. The molecule has 7 heteroatoms. The molecule has 0 amide bonds. The Morgan fingerprint density at radius 1 is 1.21 bits per heavy atom. The van der Waals surface area contributed by atoms with Gasteiger partial charge < -0.3 is 0 Å². The van der Waals surface area contributed by atoms with Crippen LogP contribution >= 0.6 is 0 Å². The first-order chi connectivity index (χ1) is 8.75. The van der Waals surface area contributed by atoms with Gasteiger partial charge in [-0.3, -0.25) is 5.14 Å². The fourth-order valence-electron chi connectivity index (χ4n) is 2.05. The molecule has 3 atom stereocenters. The highest BCUT2D eigenvalue weighted by Crippen LogP contribution is 2.34. The van der Waals surface area contributed by atoms with Crippen molar-refractivity contribution in [3.05, 3.63) is 35.4 Å². The van der Waals surface area contributed by atoms with Crippen molar-refractivity contribution in [3.63, 3.8) is 0 Å². The van der Waals surface area contributed by atoms with E-state index >= 15 is 0 Å². The van der Waals surface area contributed by atoms with Gasteiger partial charge in [0, 0.05) is 5.56 Å². The Bertz CT molecular complexity index is 467. The molecule has 1 aromatic rings. The zero-order chi connectivity index (χ0) is 14.7. The Morgan fingerprint density at radius 3 is 2.21 bits per heavy atom. The molecule has 2 N–H and O–H groups in total. The Kier molecular flexibility index (Phi) is 5.49. The summed E-state index contributed by atoms with van der Waals surface area (Å²) in [7, 11) is -2.07. The highest BCUT2D eigenvalue weighted by Gasteiger charge is 2.38. The van der Waals surface area contributed by atoms with Crippen LogP contribution in [0.15, 0.2) is 18.2 Å². The van der Waals surface area contributed by atoms with Gasteiger partial charge in [-0.1, -0.05) is 13.8 Å². The number of hydrogen-bond acceptors (Lipinski definition) is 1. The van der Waals surface area contributed by atoms with Crippen LogP contribution < -0.4 is 5.14 Å². The largest absolute Gasteiger partial charge is 0.252 e. The summed E-state index contributed by atoms with van der Waals surface area (Å²) in [4.78, 5) is 0. The van der Waals surface area contributed by atoms with Crippen molar-refractivity contribution in [3.8, 4) is 0 Å². The zero-order valence-electron chi connectivity index (χ0n) is 10.4. The minimum absolute atomic E-state index is 0.465. The summed E-state index contributed by atoms with van der Waals surface area (Å²) in [5, 5.41) is 4.07. The van der Waals surface area contributed by atoms with Crippen LogP contribution in [0.2, 0.25) is 0 Å². The molecule has 0 bridgehead atoms. The number of hydrogen-bond donors (Lipinski definition) is 1. The summed E-state index contributed by atoms with van der Waals surface area (Å²) in [6.45, 7) is 3.12. The van der Waals surface area contributed by atoms with Crippen molar-refractivity contribution < 1.29 is 21.8 Å². The minimum Gasteiger partial charge on any atom is -0.252 e. The Labute approximate surface area is 111 Å².